The number of hydrogen-bond donors (Lipinski definition) is 1. The molecule has 21 heavy (non-hydrogen) atoms. The molecule has 4 nitrogen and oxygen atoms in total. The van der Waals surface area contributed by atoms with Crippen LogP contribution in [-0.4, -0.2) is 44.1 Å². The van der Waals surface area contributed by atoms with Crippen molar-refractivity contribution >= 4 is 34.2 Å². The Bertz CT molecular complexity index is 526. The maximum Gasteiger partial charge on any atom is 0.257 e. The first-order valence-electron chi connectivity index (χ1n) is 7.02. The smallest absolute Gasteiger partial charge is 0.257 e. The molecule has 116 valence electrons. The fourth-order valence-corrected chi connectivity index (χ4v) is 3.57. The summed E-state index contributed by atoms with van der Waals surface area (Å²) in [7, 11) is 1.60. The molecule has 2 aliphatic heterocycles. The second kappa shape index (κ2) is 6.99. The first kappa shape index (κ1) is 16.6. The molecular weight excluding hydrogens is 356 g/mol. The molecule has 0 bridgehead atoms. The highest BCUT2D eigenvalue weighted by atomic mass is 79.9. The third-order valence-electron chi connectivity index (χ3n) is 4.39. The maximum atomic E-state index is 12.7. The van der Waals surface area contributed by atoms with Gasteiger partial charge in [-0.05, 0) is 49.5 Å². The van der Waals surface area contributed by atoms with Crippen molar-refractivity contribution < 1.29 is 9.53 Å². The van der Waals surface area contributed by atoms with Crippen LogP contribution in [0, 0.1) is 11.8 Å². The zero-order valence-electron chi connectivity index (χ0n) is 12.0. The number of likely N-dealkylation sites (tertiary alicyclic amines) is 1. The Balaban J connectivity index is 0.00000161. The summed E-state index contributed by atoms with van der Waals surface area (Å²) in [6.45, 7) is 3.84. The molecule has 1 N–H and O–H groups in total. The van der Waals surface area contributed by atoms with E-state index in [2.05, 4.69) is 21.2 Å². The fraction of sp³-hybridized carbons (Fsp3) is 0.533. The van der Waals surface area contributed by atoms with Crippen LogP contribution in [0.5, 0.6) is 5.75 Å². The standard InChI is InChI=1S/C15H19BrN2O2.ClH/c1-20-14-6-12(16)2-3-13(14)15(19)18-5-4-10-7-17-8-11(10)9-18;/h2-3,6,10-11,17H,4-5,7-9H2,1H3;1H. The van der Waals surface area contributed by atoms with Gasteiger partial charge in [0.15, 0.2) is 0 Å². The van der Waals surface area contributed by atoms with E-state index in [1.54, 1.807) is 7.11 Å². The van der Waals surface area contributed by atoms with E-state index in [0.717, 1.165) is 43.0 Å². The third kappa shape index (κ3) is 3.35. The number of hydrogen-bond acceptors (Lipinski definition) is 3. The number of fused-ring (bicyclic) bond motifs is 1. The van der Waals surface area contributed by atoms with E-state index >= 15 is 0 Å². The summed E-state index contributed by atoms with van der Waals surface area (Å²) in [5.74, 6) is 2.07. The monoisotopic (exact) mass is 374 g/mol. The van der Waals surface area contributed by atoms with Gasteiger partial charge >= 0.3 is 0 Å². The first-order valence-corrected chi connectivity index (χ1v) is 7.82. The van der Waals surface area contributed by atoms with Crippen molar-refractivity contribution in [2.24, 2.45) is 11.8 Å². The quantitative estimate of drug-likeness (QED) is 0.864. The van der Waals surface area contributed by atoms with Gasteiger partial charge in [0.1, 0.15) is 5.75 Å². The van der Waals surface area contributed by atoms with Crippen molar-refractivity contribution in [2.75, 3.05) is 33.3 Å². The minimum atomic E-state index is 0. The van der Waals surface area contributed by atoms with Gasteiger partial charge in [-0.2, -0.15) is 0 Å². The van der Waals surface area contributed by atoms with E-state index in [4.69, 9.17) is 4.74 Å². The number of methoxy groups -OCH3 is 1. The number of piperidine rings is 1. The van der Waals surface area contributed by atoms with Crippen molar-refractivity contribution in [3.63, 3.8) is 0 Å². The van der Waals surface area contributed by atoms with Crippen LogP contribution >= 0.6 is 28.3 Å². The average molecular weight is 376 g/mol. The molecule has 0 spiro atoms. The molecule has 6 heteroatoms. The lowest BCUT2D eigenvalue weighted by atomic mass is 9.88. The lowest BCUT2D eigenvalue weighted by Crippen LogP contribution is -2.43. The maximum absolute atomic E-state index is 12.7. The molecule has 3 rings (SSSR count). The van der Waals surface area contributed by atoms with E-state index in [9.17, 15) is 4.79 Å². The van der Waals surface area contributed by atoms with Gasteiger partial charge in [-0.25, -0.2) is 0 Å². The van der Waals surface area contributed by atoms with Crippen LogP contribution in [0.1, 0.15) is 16.8 Å². The summed E-state index contributed by atoms with van der Waals surface area (Å²) in [5, 5.41) is 3.42. The molecule has 2 fully saturated rings. The van der Waals surface area contributed by atoms with Crippen molar-refractivity contribution in [1.29, 1.82) is 0 Å². The molecule has 0 aliphatic carbocycles. The van der Waals surface area contributed by atoms with Crippen LogP contribution in [0.15, 0.2) is 22.7 Å². The van der Waals surface area contributed by atoms with E-state index in [0.29, 0.717) is 17.2 Å². The fourth-order valence-electron chi connectivity index (χ4n) is 3.23. The highest BCUT2D eigenvalue weighted by Crippen LogP contribution is 2.30. The van der Waals surface area contributed by atoms with E-state index < -0.39 is 0 Å². The number of halogens is 2. The number of nitrogens with one attached hydrogen (secondary N) is 1. The molecule has 2 aliphatic rings. The Morgan fingerprint density at radius 2 is 2.14 bits per heavy atom. The normalized spacial score (nSPS) is 24.2. The van der Waals surface area contributed by atoms with Crippen LogP contribution in [0.2, 0.25) is 0 Å². The van der Waals surface area contributed by atoms with Gasteiger partial charge in [-0.1, -0.05) is 15.9 Å². The van der Waals surface area contributed by atoms with Gasteiger partial charge in [0.2, 0.25) is 0 Å². The predicted molar refractivity (Wildman–Crippen MR) is 88.3 cm³/mol. The first-order chi connectivity index (χ1) is 9.69. The second-order valence-corrected chi connectivity index (χ2v) is 6.48. The molecule has 2 saturated heterocycles. The molecule has 2 atom stereocenters. The highest BCUT2D eigenvalue weighted by Gasteiger charge is 2.35. The minimum Gasteiger partial charge on any atom is -0.496 e. The zero-order chi connectivity index (χ0) is 14.1. The summed E-state index contributed by atoms with van der Waals surface area (Å²) < 4.78 is 6.26. The van der Waals surface area contributed by atoms with Gasteiger partial charge in [0, 0.05) is 17.6 Å². The van der Waals surface area contributed by atoms with Crippen molar-refractivity contribution in [1.82, 2.24) is 10.2 Å². The number of amides is 1. The van der Waals surface area contributed by atoms with Gasteiger partial charge in [0.05, 0.1) is 12.7 Å². The molecular formula is C15H20BrClN2O2. The Labute approximate surface area is 139 Å². The van der Waals surface area contributed by atoms with Gasteiger partial charge in [-0.3, -0.25) is 4.79 Å². The zero-order valence-corrected chi connectivity index (χ0v) is 14.4. The van der Waals surface area contributed by atoms with Crippen LogP contribution < -0.4 is 10.1 Å². The van der Waals surface area contributed by atoms with Crippen LogP contribution in [0.4, 0.5) is 0 Å². The lowest BCUT2D eigenvalue weighted by molar-refractivity contribution is 0.0639. The number of nitrogens with zero attached hydrogens (tertiary/aromatic N) is 1. The Kier molecular flexibility index (Phi) is 5.52. The van der Waals surface area contributed by atoms with Crippen LogP contribution in [0.25, 0.3) is 0 Å². The second-order valence-electron chi connectivity index (χ2n) is 5.56. The predicted octanol–water partition coefficient (Wildman–Crippen LogP) is 2.56. The summed E-state index contributed by atoms with van der Waals surface area (Å²) in [5.41, 5.74) is 0.653. The van der Waals surface area contributed by atoms with E-state index in [1.165, 1.54) is 0 Å². The summed E-state index contributed by atoms with van der Waals surface area (Å²) in [6, 6.07) is 5.57. The number of carbonyl (C=O) groups is 1. The number of benzene rings is 1. The van der Waals surface area contributed by atoms with Crippen molar-refractivity contribution in [3.8, 4) is 5.75 Å². The van der Waals surface area contributed by atoms with Crippen LogP contribution in [0.3, 0.4) is 0 Å². The highest BCUT2D eigenvalue weighted by molar-refractivity contribution is 9.10. The number of ether oxygens (including phenoxy) is 1. The Morgan fingerprint density at radius 1 is 1.38 bits per heavy atom. The molecule has 0 saturated carbocycles. The Morgan fingerprint density at radius 3 is 2.90 bits per heavy atom. The molecule has 1 amide bonds. The lowest BCUT2D eigenvalue weighted by Gasteiger charge is -2.34. The molecule has 2 unspecified atom stereocenters. The van der Waals surface area contributed by atoms with E-state index in [1.807, 2.05) is 23.1 Å². The molecule has 0 aromatic heterocycles. The minimum absolute atomic E-state index is 0. The molecule has 1 aromatic carbocycles. The summed E-state index contributed by atoms with van der Waals surface area (Å²) in [4.78, 5) is 14.7. The molecule has 0 radical (unpaired) electrons. The summed E-state index contributed by atoms with van der Waals surface area (Å²) in [6.07, 6.45) is 1.10. The Hall–Kier alpha value is -0.780. The van der Waals surface area contributed by atoms with Gasteiger partial charge < -0.3 is 15.0 Å². The van der Waals surface area contributed by atoms with E-state index in [-0.39, 0.29) is 18.3 Å². The topological polar surface area (TPSA) is 41.6 Å². The van der Waals surface area contributed by atoms with Crippen molar-refractivity contribution in [3.05, 3.63) is 28.2 Å². The molecule has 1 aromatic rings. The largest absolute Gasteiger partial charge is 0.496 e. The van der Waals surface area contributed by atoms with Gasteiger partial charge in [0.25, 0.3) is 5.91 Å². The van der Waals surface area contributed by atoms with Crippen molar-refractivity contribution in [2.45, 2.75) is 6.42 Å². The summed E-state index contributed by atoms with van der Waals surface area (Å²) >= 11 is 3.41. The average Bonchev–Trinajstić information content (AvgIpc) is 2.93. The van der Waals surface area contributed by atoms with Gasteiger partial charge in [-0.15, -0.1) is 12.4 Å². The number of carbonyl (C=O) groups excluding carboxylic acids is 1. The van der Waals surface area contributed by atoms with Crippen LogP contribution in [-0.2, 0) is 0 Å². The SMILES string of the molecule is COc1cc(Br)ccc1C(=O)N1CCC2CNCC2C1.Cl. The number of rotatable bonds is 2. The molecule has 2 heterocycles. The third-order valence-corrected chi connectivity index (χ3v) is 4.88.